The normalized spacial score (nSPS) is 17.4. The monoisotopic (exact) mass is 483 g/mol. The van der Waals surface area contributed by atoms with E-state index in [1.165, 1.54) is 24.1 Å². The molecule has 1 amide bonds. The zero-order valence-electron chi connectivity index (χ0n) is 18.9. The molecule has 1 N–H and O–H groups in total. The van der Waals surface area contributed by atoms with Gasteiger partial charge in [-0.2, -0.15) is 0 Å². The number of benzene rings is 2. The number of hydrogen-bond acceptors (Lipinski definition) is 5. The molecule has 0 radical (unpaired) electrons. The van der Waals surface area contributed by atoms with Crippen molar-refractivity contribution in [3.8, 4) is 5.75 Å². The second kappa shape index (κ2) is 9.35. The predicted molar refractivity (Wildman–Crippen MR) is 125 cm³/mol. The highest BCUT2D eigenvalue weighted by molar-refractivity contribution is 6.46. The van der Waals surface area contributed by atoms with E-state index in [1.54, 1.807) is 50.2 Å². The van der Waals surface area contributed by atoms with E-state index in [0.29, 0.717) is 17.9 Å². The minimum atomic E-state index is -0.946. The average Bonchev–Trinajstić information content (AvgIpc) is 3.33. The highest BCUT2D eigenvalue weighted by Gasteiger charge is 2.47. The third-order valence-electron chi connectivity index (χ3n) is 5.77. The summed E-state index contributed by atoms with van der Waals surface area (Å²) in [5.74, 6) is -1.23. The second-order valence-corrected chi connectivity index (χ2v) is 8.55. The van der Waals surface area contributed by atoms with Crippen molar-refractivity contribution in [3.63, 3.8) is 0 Å². The van der Waals surface area contributed by atoms with Gasteiger partial charge >= 0.3 is 0 Å². The van der Waals surface area contributed by atoms with Crippen molar-refractivity contribution in [1.82, 2.24) is 4.90 Å². The van der Waals surface area contributed by atoms with E-state index < -0.39 is 23.5 Å². The number of amides is 1. The average molecular weight is 484 g/mol. The maximum Gasteiger partial charge on any atom is 0.295 e. The van der Waals surface area contributed by atoms with Gasteiger partial charge in [-0.1, -0.05) is 23.7 Å². The third-order valence-corrected chi connectivity index (χ3v) is 6.05. The van der Waals surface area contributed by atoms with Gasteiger partial charge in [0.1, 0.15) is 34.9 Å². The molecule has 2 aromatic carbocycles. The number of methoxy groups -OCH3 is 1. The molecule has 1 fully saturated rings. The van der Waals surface area contributed by atoms with Crippen molar-refractivity contribution in [3.05, 3.63) is 93.2 Å². The van der Waals surface area contributed by atoms with Crippen LogP contribution >= 0.6 is 11.6 Å². The number of aliphatic hydroxyl groups excluding tert-OH is 1. The Morgan fingerprint density at radius 3 is 2.47 bits per heavy atom. The number of aliphatic hydroxyl groups is 1. The SMILES string of the molecule is COc1c(Cl)cc(C)cc1/C(O)=C1\C(=O)C(=O)N(CCc2ccc(F)cc2)C1c1ccc(C)o1. The minimum Gasteiger partial charge on any atom is -0.507 e. The lowest BCUT2D eigenvalue weighted by molar-refractivity contribution is -0.140. The predicted octanol–water partition coefficient (Wildman–Crippen LogP) is 5.36. The highest BCUT2D eigenvalue weighted by atomic mass is 35.5. The number of likely N-dealkylation sites (tertiary alicyclic amines) is 1. The summed E-state index contributed by atoms with van der Waals surface area (Å²) < 4.78 is 24.4. The van der Waals surface area contributed by atoms with Crippen molar-refractivity contribution in [1.29, 1.82) is 0 Å². The van der Waals surface area contributed by atoms with Gasteiger partial charge in [0.25, 0.3) is 11.7 Å². The molecule has 0 saturated carbocycles. The number of ether oxygens (including phenoxy) is 1. The Balaban J connectivity index is 1.82. The number of carbonyl (C=O) groups is 2. The molecule has 1 saturated heterocycles. The first-order valence-corrected chi connectivity index (χ1v) is 11.0. The molecule has 2 heterocycles. The zero-order valence-corrected chi connectivity index (χ0v) is 19.6. The van der Waals surface area contributed by atoms with Crippen LogP contribution in [0, 0.1) is 19.7 Å². The van der Waals surface area contributed by atoms with E-state index in [0.717, 1.165) is 11.1 Å². The summed E-state index contributed by atoms with van der Waals surface area (Å²) in [6, 6.07) is 11.7. The number of rotatable bonds is 6. The molecule has 176 valence electrons. The Morgan fingerprint density at radius 2 is 1.85 bits per heavy atom. The molecule has 1 aliphatic heterocycles. The summed E-state index contributed by atoms with van der Waals surface area (Å²) in [6.07, 6.45) is 0.378. The second-order valence-electron chi connectivity index (χ2n) is 8.14. The van der Waals surface area contributed by atoms with Gasteiger partial charge in [0.05, 0.1) is 23.3 Å². The summed E-state index contributed by atoms with van der Waals surface area (Å²) >= 11 is 6.30. The number of Topliss-reactive ketones (excluding diaryl/α,β-unsaturated/α-hetero) is 1. The molecule has 0 bridgehead atoms. The maximum atomic E-state index is 13.3. The first kappa shape index (κ1) is 23.6. The van der Waals surface area contributed by atoms with Gasteiger partial charge in [-0.3, -0.25) is 9.59 Å². The van der Waals surface area contributed by atoms with Gasteiger partial charge in [-0.15, -0.1) is 0 Å². The van der Waals surface area contributed by atoms with Crippen LogP contribution in [0.15, 0.2) is 58.5 Å². The standard InChI is InChI=1S/C26H23ClFNO5/c1-14-12-18(25(33-3)19(27)13-14)23(30)21-22(20-9-4-15(2)34-20)29(26(32)24(21)31)11-10-16-5-7-17(28)8-6-16/h4-9,12-13,22,30H,10-11H2,1-3H3/b23-21+. The molecule has 1 aliphatic rings. The molecule has 4 rings (SSSR count). The van der Waals surface area contributed by atoms with Gasteiger partial charge < -0.3 is 19.2 Å². The van der Waals surface area contributed by atoms with Crippen LogP contribution in [-0.2, 0) is 16.0 Å². The van der Waals surface area contributed by atoms with Crippen molar-refractivity contribution in [2.45, 2.75) is 26.3 Å². The molecular weight excluding hydrogens is 461 g/mol. The van der Waals surface area contributed by atoms with Crippen LogP contribution in [-0.4, -0.2) is 35.4 Å². The number of hydrogen-bond donors (Lipinski definition) is 1. The Labute approximate surface area is 201 Å². The van der Waals surface area contributed by atoms with Crippen molar-refractivity contribution in [2.24, 2.45) is 0 Å². The minimum absolute atomic E-state index is 0.113. The van der Waals surface area contributed by atoms with Gasteiger partial charge in [0, 0.05) is 6.54 Å². The zero-order chi connectivity index (χ0) is 24.6. The van der Waals surface area contributed by atoms with Crippen molar-refractivity contribution < 1.29 is 28.2 Å². The van der Waals surface area contributed by atoms with Gasteiger partial charge in [0.2, 0.25) is 0 Å². The van der Waals surface area contributed by atoms with Crippen LogP contribution in [0.3, 0.4) is 0 Å². The fourth-order valence-corrected chi connectivity index (χ4v) is 4.52. The summed E-state index contributed by atoms with van der Waals surface area (Å²) in [7, 11) is 1.40. The van der Waals surface area contributed by atoms with E-state index in [1.807, 2.05) is 0 Å². The van der Waals surface area contributed by atoms with E-state index in [-0.39, 0.29) is 34.3 Å². The van der Waals surface area contributed by atoms with Crippen LogP contribution in [0.1, 0.15) is 34.3 Å². The summed E-state index contributed by atoms with van der Waals surface area (Å²) in [4.78, 5) is 27.6. The number of aryl methyl sites for hydroxylation is 2. The van der Waals surface area contributed by atoms with Gasteiger partial charge in [0.15, 0.2) is 0 Å². The molecule has 1 atom stereocenters. The quantitative estimate of drug-likeness (QED) is 0.290. The molecule has 3 aromatic rings. The molecule has 1 aromatic heterocycles. The smallest absolute Gasteiger partial charge is 0.295 e. The van der Waals surface area contributed by atoms with Crippen molar-refractivity contribution in [2.75, 3.05) is 13.7 Å². The lowest BCUT2D eigenvalue weighted by Gasteiger charge is -2.23. The number of ketones is 1. The van der Waals surface area contributed by atoms with E-state index >= 15 is 0 Å². The molecule has 0 spiro atoms. The Morgan fingerprint density at radius 1 is 1.15 bits per heavy atom. The largest absolute Gasteiger partial charge is 0.507 e. The van der Waals surface area contributed by atoms with Crippen LogP contribution < -0.4 is 4.74 Å². The Hall–Kier alpha value is -3.58. The lowest BCUT2D eigenvalue weighted by atomic mass is 9.97. The number of nitrogens with zero attached hydrogens (tertiary/aromatic N) is 1. The van der Waals surface area contributed by atoms with Crippen LogP contribution in [0.2, 0.25) is 5.02 Å². The van der Waals surface area contributed by atoms with Gasteiger partial charge in [-0.25, -0.2) is 4.39 Å². The molecule has 1 unspecified atom stereocenters. The molecule has 0 aliphatic carbocycles. The number of carbonyl (C=O) groups excluding carboxylic acids is 2. The summed E-state index contributed by atoms with van der Waals surface area (Å²) in [6.45, 7) is 3.69. The lowest BCUT2D eigenvalue weighted by Crippen LogP contribution is -2.31. The number of halogens is 2. The van der Waals surface area contributed by atoms with E-state index in [9.17, 15) is 19.1 Å². The van der Waals surface area contributed by atoms with Gasteiger partial charge in [-0.05, 0) is 67.8 Å². The summed E-state index contributed by atoms with van der Waals surface area (Å²) in [5, 5.41) is 11.6. The topological polar surface area (TPSA) is 80.0 Å². The van der Waals surface area contributed by atoms with Crippen LogP contribution in [0.25, 0.3) is 5.76 Å². The number of furan rings is 1. The molecular formula is C26H23ClFNO5. The van der Waals surface area contributed by atoms with Crippen LogP contribution in [0.4, 0.5) is 4.39 Å². The maximum absolute atomic E-state index is 13.3. The fraction of sp³-hybridized carbons (Fsp3) is 0.231. The summed E-state index contributed by atoms with van der Waals surface area (Å²) in [5.41, 5.74) is 1.63. The molecule has 8 heteroatoms. The van der Waals surface area contributed by atoms with Crippen molar-refractivity contribution >= 4 is 29.1 Å². The van der Waals surface area contributed by atoms with E-state index in [4.69, 9.17) is 20.8 Å². The Kier molecular flexibility index (Phi) is 6.48. The Bertz CT molecular complexity index is 1300. The molecule has 6 nitrogen and oxygen atoms in total. The third kappa shape index (κ3) is 4.31. The highest BCUT2D eigenvalue weighted by Crippen LogP contribution is 2.43. The fourth-order valence-electron chi connectivity index (χ4n) is 4.16. The van der Waals surface area contributed by atoms with Crippen LogP contribution in [0.5, 0.6) is 5.75 Å². The van der Waals surface area contributed by atoms with E-state index in [2.05, 4.69) is 0 Å². The molecule has 34 heavy (non-hydrogen) atoms. The first-order valence-electron chi connectivity index (χ1n) is 10.6. The first-order chi connectivity index (χ1) is 16.2.